The number of piperidine rings is 1. The van der Waals surface area contributed by atoms with Gasteiger partial charge in [0, 0.05) is 39.2 Å². The normalized spacial score (nSPS) is 22.8. The fraction of sp³-hybridized carbons (Fsp3) is 0.727. The monoisotopic (exact) mass is 414 g/mol. The maximum Gasteiger partial charge on any atom is 0.236 e. The Morgan fingerprint density at radius 2 is 1.83 bits per heavy atom. The molecule has 2 saturated heterocycles. The van der Waals surface area contributed by atoms with Crippen LogP contribution in [0.1, 0.15) is 62.7 Å². The number of nitrogens with zero attached hydrogens (tertiary/aromatic N) is 5. The number of rotatable bonds is 4. The molecule has 2 fully saturated rings. The molecule has 0 bridgehead atoms. The van der Waals surface area contributed by atoms with Gasteiger partial charge in [-0.25, -0.2) is 9.97 Å². The van der Waals surface area contributed by atoms with Crippen molar-refractivity contribution in [3.8, 4) is 0 Å². The van der Waals surface area contributed by atoms with Gasteiger partial charge in [-0.15, -0.1) is 0 Å². The predicted molar refractivity (Wildman–Crippen MR) is 115 cm³/mol. The van der Waals surface area contributed by atoms with Gasteiger partial charge in [0.1, 0.15) is 11.6 Å². The van der Waals surface area contributed by atoms with Crippen LogP contribution >= 0.6 is 0 Å². The molecule has 8 heteroatoms. The third-order valence-corrected chi connectivity index (χ3v) is 6.90. The second kappa shape index (κ2) is 8.88. The molecule has 4 heterocycles. The van der Waals surface area contributed by atoms with Crippen LogP contribution < -0.4 is 5.32 Å². The molecule has 0 spiro atoms. The first-order valence-electron chi connectivity index (χ1n) is 11.3. The molecule has 1 atom stereocenters. The maximum atomic E-state index is 12.9. The summed E-state index contributed by atoms with van der Waals surface area (Å²) >= 11 is 0. The third kappa shape index (κ3) is 4.29. The third-order valence-electron chi connectivity index (χ3n) is 6.90. The number of aromatic nitrogens is 2. The molecule has 1 aromatic rings. The number of nitrogens with one attached hydrogen (secondary N) is 1. The number of carbonyl (C=O) groups excluding carboxylic acids is 2. The summed E-state index contributed by atoms with van der Waals surface area (Å²) in [6.45, 7) is 8.20. The molecular formula is C22H34N6O2. The van der Waals surface area contributed by atoms with Crippen LogP contribution in [0.3, 0.4) is 0 Å². The predicted octanol–water partition coefficient (Wildman–Crippen LogP) is 1.82. The Balaban J connectivity index is 1.51. The highest BCUT2D eigenvalue weighted by atomic mass is 16.2. The molecule has 8 nitrogen and oxygen atoms in total. The van der Waals surface area contributed by atoms with Crippen molar-refractivity contribution in [1.29, 1.82) is 0 Å². The number of hydrogen-bond acceptors (Lipinski definition) is 6. The number of anilines is 1. The molecule has 1 aromatic heterocycles. The van der Waals surface area contributed by atoms with Crippen LogP contribution in [0.2, 0.25) is 0 Å². The first-order valence-corrected chi connectivity index (χ1v) is 11.3. The Bertz CT molecular complexity index is 805. The van der Waals surface area contributed by atoms with Gasteiger partial charge in [0.2, 0.25) is 11.8 Å². The Morgan fingerprint density at radius 3 is 2.53 bits per heavy atom. The molecule has 3 aliphatic heterocycles. The van der Waals surface area contributed by atoms with E-state index in [0.29, 0.717) is 25.6 Å². The largest absolute Gasteiger partial charge is 0.373 e. The van der Waals surface area contributed by atoms with Crippen molar-refractivity contribution in [1.82, 2.24) is 24.7 Å². The summed E-state index contributed by atoms with van der Waals surface area (Å²) in [4.78, 5) is 40.6. The Morgan fingerprint density at radius 1 is 1.07 bits per heavy atom. The molecule has 164 valence electrons. The van der Waals surface area contributed by atoms with Crippen LogP contribution in [0.15, 0.2) is 0 Å². The molecule has 0 saturated carbocycles. The summed E-state index contributed by atoms with van der Waals surface area (Å²) in [5.74, 6) is 2.66. The minimum atomic E-state index is 0.0581. The van der Waals surface area contributed by atoms with Gasteiger partial charge >= 0.3 is 0 Å². The molecule has 0 aliphatic carbocycles. The van der Waals surface area contributed by atoms with Crippen molar-refractivity contribution in [2.75, 3.05) is 45.1 Å². The van der Waals surface area contributed by atoms with Crippen LogP contribution in [-0.2, 0) is 22.6 Å². The lowest BCUT2D eigenvalue weighted by molar-refractivity contribution is -0.134. The van der Waals surface area contributed by atoms with E-state index in [9.17, 15) is 9.59 Å². The number of amides is 2. The van der Waals surface area contributed by atoms with Crippen molar-refractivity contribution in [3.05, 3.63) is 17.1 Å². The van der Waals surface area contributed by atoms with E-state index in [2.05, 4.69) is 17.1 Å². The Labute approximate surface area is 179 Å². The van der Waals surface area contributed by atoms with Gasteiger partial charge in [-0.05, 0) is 44.6 Å². The second-order valence-corrected chi connectivity index (χ2v) is 8.99. The molecule has 30 heavy (non-hydrogen) atoms. The van der Waals surface area contributed by atoms with Gasteiger partial charge in [0.05, 0.1) is 24.8 Å². The SMILES string of the molecule is CNc1nc(C2CCCN2CC(=O)N2CCC(C)CC2)nc2c1CCN(C(C)=O)C2. The second-order valence-electron chi connectivity index (χ2n) is 8.99. The van der Waals surface area contributed by atoms with Gasteiger partial charge in [-0.3, -0.25) is 14.5 Å². The van der Waals surface area contributed by atoms with E-state index in [1.807, 2.05) is 16.8 Å². The van der Waals surface area contributed by atoms with Gasteiger partial charge in [0.15, 0.2) is 0 Å². The number of hydrogen-bond donors (Lipinski definition) is 1. The zero-order valence-corrected chi connectivity index (χ0v) is 18.5. The number of fused-ring (bicyclic) bond motifs is 1. The van der Waals surface area contributed by atoms with E-state index in [1.165, 1.54) is 0 Å². The lowest BCUT2D eigenvalue weighted by Gasteiger charge is -2.33. The lowest BCUT2D eigenvalue weighted by Crippen LogP contribution is -2.44. The average Bonchev–Trinajstić information content (AvgIpc) is 3.20. The highest BCUT2D eigenvalue weighted by Gasteiger charge is 2.33. The van der Waals surface area contributed by atoms with Crippen molar-refractivity contribution < 1.29 is 9.59 Å². The summed E-state index contributed by atoms with van der Waals surface area (Å²) in [5.41, 5.74) is 2.05. The Kier molecular flexibility index (Phi) is 6.22. The molecular weight excluding hydrogens is 380 g/mol. The van der Waals surface area contributed by atoms with E-state index >= 15 is 0 Å². The van der Waals surface area contributed by atoms with Crippen LogP contribution in [0.5, 0.6) is 0 Å². The molecule has 4 rings (SSSR count). The molecule has 0 aromatic carbocycles. The lowest BCUT2D eigenvalue weighted by atomic mass is 9.99. The smallest absolute Gasteiger partial charge is 0.236 e. The van der Waals surface area contributed by atoms with E-state index in [-0.39, 0.29) is 17.9 Å². The van der Waals surface area contributed by atoms with Crippen molar-refractivity contribution in [2.45, 2.75) is 58.5 Å². The van der Waals surface area contributed by atoms with Gasteiger partial charge < -0.3 is 15.1 Å². The molecule has 2 amide bonds. The highest BCUT2D eigenvalue weighted by Crippen LogP contribution is 2.33. The van der Waals surface area contributed by atoms with Crippen molar-refractivity contribution >= 4 is 17.6 Å². The van der Waals surface area contributed by atoms with Gasteiger partial charge in [0.25, 0.3) is 0 Å². The van der Waals surface area contributed by atoms with Crippen LogP contribution in [-0.4, -0.2) is 76.3 Å². The van der Waals surface area contributed by atoms with Crippen LogP contribution in [0, 0.1) is 5.92 Å². The molecule has 0 radical (unpaired) electrons. The summed E-state index contributed by atoms with van der Waals surface area (Å²) < 4.78 is 0. The van der Waals surface area contributed by atoms with Crippen LogP contribution in [0.4, 0.5) is 5.82 Å². The zero-order valence-electron chi connectivity index (χ0n) is 18.5. The van der Waals surface area contributed by atoms with Gasteiger partial charge in [-0.2, -0.15) is 0 Å². The van der Waals surface area contributed by atoms with E-state index in [0.717, 1.165) is 74.6 Å². The topological polar surface area (TPSA) is 81.7 Å². The fourth-order valence-corrected chi connectivity index (χ4v) is 4.91. The first kappa shape index (κ1) is 21.0. The van der Waals surface area contributed by atoms with Crippen molar-refractivity contribution in [2.24, 2.45) is 5.92 Å². The van der Waals surface area contributed by atoms with Crippen LogP contribution in [0.25, 0.3) is 0 Å². The van der Waals surface area contributed by atoms with E-state index in [1.54, 1.807) is 6.92 Å². The maximum absolute atomic E-state index is 12.9. The zero-order chi connectivity index (χ0) is 21.3. The van der Waals surface area contributed by atoms with E-state index < -0.39 is 0 Å². The highest BCUT2D eigenvalue weighted by molar-refractivity contribution is 5.78. The summed E-state index contributed by atoms with van der Waals surface area (Å²) in [6.07, 6.45) is 4.97. The number of carbonyl (C=O) groups is 2. The van der Waals surface area contributed by atoms with Gasteiger partial charge in [-0.1, -0.05) is 6.92 Å². The first-order chi connectivity index (χ1) is 14.5. The molecule has 1 N–H and O–H groups in total. The molecule has 1 unspecified atom stereocenters. The summed E-state index contributed by atoms with van der Waals surface area (Å²) in [5, 5.41) is 3.23. The van der Waals surface area contributed by atoms with E-state index in [4.69, 9.17) is 9.97 Å². The average molecular weight is 415 g/mol. The minimum absolute atomic E-state index is 0.0581. The Hall–Kier alpha value is -2.22. The molecule has 3 aliphatic rings. The quantitative estimate of drug-likeness (QED) is 0.809. The standard InChI is InChI=1S/C22H34N6O2/c1-15-6-10-26(11-7-15)20(30)14-28-9-4-5-19(28)22-24-18-13-27(16(2)29)12-8-17(18)21(23-3)25-22/h15,19H,4-14H2,1-3H3,(H,23,24,25). The minimum Gasteiger partial charge on any atom is -0.373 e. The summed E-state index contributed by atoms with van der Waals surface area (Å²) in [6, 6.07) is 0.0581. The fourth-order valence-electron chi connectivity index (χ4n) is 4.91. The summed E-state index contributed by atoms with van der Waals surface area (Å²) in [7, 11) is 1.89. The van der Waals surface area contributed by atoms with Crippen molar-refractivity contribution in [3.63, 3.8) is 0 Å². The number of likely N-dealkylation sites (tertiary alicyclic amines) is 2.